The molecule has 0 atom stereocenters. The van der Waals surface area contributed by atoms with Gasteiger partial charge in [-0.25, -0.2) is 0 Å². The quantitative estimate of drug-likeness (QED) is 0.666. The summed E-state index contributed by atoms with van der Waals surface area (Å²) in [7, 11) is 0. The van der Waals surface area contributed by atoms with Crippen molar-refractivity contribution in [1.29, 1.82) is 0 Å². The number of nitrogens with zero attached hydrogens (tertiary/aromatic N) is 3. The van der Waals surface area contributed by atoms with E-state index in [-0.39, 0.29) is 5.91 Å². The first-order valence-electron chi connectivity index (χ1n) is 6.24. The van der Waals surface area contributed by atoms with Gasteiger partial charge in [-0.2, -0.15) is 20.5 Å². The fraction of sp³-hybridized carbons (Fsp3) is 0.231. The molecule has 2 aromatic heterocycles. The zero-order valence-corrected chi connectivity index (χ0v) is 11.2. The molecule has 3 rings (SSSR count). The van der Waals surface area contributed by atoms with Crippen molar-refractivity contribution < 1.29 is 4.79 Å². The van der Waals surface area contributed by atoms with Crippen LogP contribution in [-0.4, -0.2) is 31.5 Å². The summed E-state index contributed by atoms with van der Waals surface area (Å²) < 4.78 is 0. The van der Waals surface area contributed by atoms with Gasteiger partial charge in [-0.3, -0.25) is 9.89 Å². The first-order chi connectivity index (χ1) is 9.65. The van der Waals surface area contributed by atoms with Crippen molar-refractivity contribution in [2.75, 3.05) is 0 Å². The molecule has 7 nitrogen and oxygen atoms in total. The first-order valence-corrected chi connectivity index (χ1v) is 6.24. The average molecular weight is 270 g/mol. The molecule has 0 saturated carbocycles. The second-order valence-electron chi connectivity index (χ2n) is 4.62. The van der Waals surface area contributed by atoms with Crippen LogP contribution < -0.4 is 5.32 Å². The maximum atomic E-state index is 12.1. The Morgan fingerprint density at radius 3 is 2.75 bits per heavy atom. The van der Waals surface area contributed by atoms with E-state index in [1.165, 1.54) is 0 Å². The van der Waals surface area contributed by atoms with Gasteiger partial charge < -0.3 is 5.32 Å². The van der Waals surface area contributed by atoms with E-state index in [1.54, 1.807) is 18.2 Å². The van der Waals surface area contributed by atoms with Crippen molar-refractivity contribution in [2.45, 2.75) is 20.4 Å². The summed E-state index contributed by atoms with van der Waals surface area (Å²) in [6, 6.07) is 5.21. The monoisotopic (exact) mass is 270 g/mol. The summed E-state index contributed by atoms with van der Waals surface area (Å²) in [4.78, 5) is 12.1. The molecular formula is C13H14N6O. The van der Waals surface area contributed by atoms with Crippen molar-refractivity contribution >= 4 is 16.9 Å². The third-order valence-electron chi connectivity index (χ3n) is 3.28. The largest absolute Gasteiger partial charge is 0.348 e. The van der Waals surface area contributed by atoms with Gasteiger partial charge in [0.25, 0.3) is 5.91 Å². The fourth-order valence-corrected chi connectivity index (χ4v) is 2.09. The number of nitrogens with one attached hydrogen (secondary N) is 3. The minimum Gasteiger partial charge on any atom is -0.348 e. The molecule has 0 aliphatic rings. The number of H-pyrrole nitrogens is 2. The van der Waals surface area contributed by atoms with Crippen LogP contribution in [0, 0.1) is 13.8 Å². The highest BCUT2D eigenvalue weighted by molar-refractivity contribution is 5.97. The van der Waals surface area contributed by atoms with Gasteiger partial charge in [0.05, 0.1) is 5.69 Å². The van der Waals surface area contributed by atoms with Crippen LogP contribution in [0.25, 0.3) is 11.0 Å². The number of fused-ring (bicyclic) bond motifs is 1. The lowest BCUT2D eigenvalue weighted by molar-refractivity contribution is 0.0951. The number of carbonyl (C=O) groups is 1. The van der Waals surface area contributed by atoms with Crippen molar-refractivity contribution in [3.63, 3.8) is 0 Å². The van der Waals surface area contributed by atoms with E-state index >= 15 is 0 Å². The van der Waals surface area contributed by atoms with Crippen molar-refractivity contribution in [3.05, 3.63) is 40.7 Å². The summed E-state index contributed by atoms with van der Waals surface area (Å²) in [5, 5.41) is 20.3. The third-order valence-corrected chi connectivity index (χ3v) is 3.28. The van der Waals surface area contributed by atoms with Crippen LogP contribution in [-0.2, 0) is 6.54 Å². The third kappa shape index (κ3) is 2.13. The van der Waals surface area contributed by atoms with Crippen LogP contribution in [0.2, 0.25) is 0 Å². The van der Waals surface area contributed by atoms with Crippen LogP contribution in [0.4, 0.5) is 0 Å². The molecule has 1 aromatic carbocycles. The van der Waals surface area contributed by atoms with E-state index in [0.29, 0.717) is 17.6 Å². The first kappa shape index (κ1) is 12.3. The Labute approximate surface area is 114 Å². The molecule has 0 radical (unpaired) electrons. The minimum absolute atomic E-state index is 0.144. The molecule has 1 amide bonds. The summed E-state index contributed by atoms with van der Waals surface area (Å²) in [5.41, 5.74) is 4.85. The summed E-state index contributed by atoms with van der Waals surface area (Å²) >= 11 is 0. The van der Waals surface area contributed by atoms with E-state index < -0.39 is 0 Å². The molecule has 3 aromatic rings. The van der Waals surface area contributed by atoms with Crippen molar-refractivity contribution in [3.8, 4) is 0 Å². The van der Waals surface area contributed by atoms with Crippen LogP contribution in [0.1, 0.15) is 27.3 Å². The van der Waals surface area contributed by atoms with Crippen LogP contribution in [0.3, 0.4) is 0 Å². The fourth-order valence-electron chi connectivity index (χ4n) is 2.09. The molecule has 0 saturated heterocycles. The number of hydrogen-bond acceptors (Lipinski definition) is 4. The molecule has 0 spiro atoms. The summed E-state index contributed by atoms with van der Waals surface area (Å²) in [5.74, 6) is -0.144. The Hall–Kier alpha value is -2.70. The second-order valence-corrected chi connectivity index (χ2v) is 4.62. The normalized spacial score (nSPS) is 10.9. The maximum absolute atomic E-state index is 12.1. The van der Waals surface area contributed by atoms with Gasteiger partial charge in [-0.15, -0.1) is 0 Å². The Balaban J connectivity index is 1.76. The highest BCUT2D eigenvalue weighted by Gasteiger charge is 2.11. The number of amides is 1. The topological polar surface area (TPSA) is 99.4 Å². The Kier molecular flexibility index (Phi) is 2.94. The molecule has 0 aliphatic carbocycles. The van der Waals surface area contributed by atoms with Gasteiger partial charge in [0.2, 0.25) is 0 Å². The van der Waals surface area contributed by atoms with Gasteiger partial charge in [-0.1, -0.05) is 0 Å². The number of aromatic amines is 2. The highest BCUT2D eigenvalue weighted by Crippen LogP contribution is 2.12. The molecule has 0 fully saturated rings. The van der Waals surface area contributed by atoms with E-state index in [1.807, 2.05) is 13.8 Å². The molecular weight excluding hydrogens is 256 g/mol. The molecule has 0 unspecified atom stereocenters. The Morgan fingerprint density at radius 1 is 1.20 bits per heavy atom. The molecule has 0 aliphatic heterocycles. The SMILES string of the molecule is Cc1n[nH]c(C)c1CNC(=O)c1ccc2n[nH]nc2c1. The number of benzene rings is 1. The predicted molar refractivity (Wildman–Crippen MR) is 73.1 cm³/mol. The number of rotatable bonds is 3. The predicted octanol–water partition coefficient (Wildman–Crippen LogP) is 1.23. The van der Waals surface area contributed by atoms with Crippen LogP contribution in [0.15, 0.2) is 18.2 Å². The number of hydrogen-bond donors (Lipinski definition) is 3. The Bertz CT molecular complexity index is 753. The van der Waals surface area contributed by atoms with Gasteiger partial charge in [0, 0.05) is 23.4 Å². The van der Waals surface area contributed by atoms with Crippen molar-refractivity contribution in [1.82, 2.24) is 30.9 Å². The highest BCUT2D eigenvalue weighted by atomic mass is 16.1. The van der Waals surface area contributed by atoms with Crippen molar-refractivity contribution in [2.24, 2.45) is 0 Å². The standard InChI is InChI=1S/C13H14N6O/c1-7-10(8(2)16-15-7)6-14-13(20)9-3-4-11-12(5-9)18-19-17-11/h3-5H,6H2,1-2H3,(H,14,20)(H,15,16)(H,17,18,19). The molecule has 7 heteroatoms. The minimum atomic E-state index is -0.144. The van der Waals surface area contributed by atoms with E-state index in [4.69, 9.17) is 0 Å². The van der Waals surface area contributed by atoms with Crippen LogP contribution >= 0.6 is 0 Å². The van der Waals surface area contributed by atoms with Crippen LogP contribution in [0.5, 0.6) is 0 Å². The van der Waals surface area contributed by atoms with Gasteiger partial charge >= 0.3 is 0 Å². The molecule has 2 heterocycles. The summed E-state index contributed by atoms with van der Waals surface area (Å²) in [6.07, 6.45) is 0. The number of aryl methyl sites for hydroxylation is 2. The smallest absolute Gasteiger partial charge is 0.251 e. The second kappa shape index (κ2) is 4.76. The van der Waals surface area contributed by atoms with Gasteiger partial charge in [0.15, 0.2) is 0 Å². The Morgan fingerprint density at radius 2 is 2.00 bits per heavy atom. The molecule has 102 valence electrons. The average Bonchev–Trinajstić information content (AvgIpc) is 3.03. The molecule has 0 bridgehead atoms. The molecule has 20 heavy (non-hydrogen) atoms. The van der Waals surface area contributed by atoms with Gasteiger partial charge in [-0.05, 0) is 32.0 Å². The van der Waals surface area contributed by atoms with E-state index in [9.17, 15) is 4.79 Å². The van der Waals surface area contributed by atoms with E-state index in [2.05, 4.69) is 30.9 Å². The zero-order valence-electron chi connectivity index (χ0n) is 11.2. The maximum Gasteiger partial charge on any atom is 0.251 e. The number of aromatic nitrogens is 5. The number of carbonyl (C=O) groups excluding carboxylic acids is 1. The lowest BCUT2D eigenvalue weighted by atomic mass is 10.1. The van der Waals surface area contributed by atoms with Gasteiger partial charge in [0.1, 0.15) is 11.0 Å². The zero-order chi connectivity index (χ0) is 14.1. The molecule has 3 N–H and O–H groups in total. The summed E-state index contributed by atoms with van der Waals surface area (Å²) in [6.45, 7) is 4.29. The lowest BCUT2D eigenvalue weighted by Crippen LogP contribution is -2.23. The van der Waals surface area contributed by atoms with E-state index in [0.717, 1.165) is 22.5 Å². The lowest BCUT2D eigenvalue weighted by Gasteiger charge is -2.05.